The number of methoxy groups -OCH3 is 1. The van der Waals surface area contributed by atoms with Crippen molar-refractivity contribution in [1.82, 2.24) is 5.32 Å². The summed E-state index contributed by atoms with van der Waals surface area (Å²) in [6.45, 7) is 2.05. The van der Waals surface area contributed by atoms with Crippen molar-refractivity contribution in [3.63, 3.8) is 0 Å². The summed E-state index contributed by atoms with van der Waals surface area (Å²) in [6, 6.07) is 19.7. The van der Waals surface area contributed by atoms with Crippen LogP contribution < -0.4 is 19.5 Å². The van der Waals surface area contributed by atoms with E-state index >= 15 is 0 Å². The Morgan fingerprint density at radius 3 is 2.62 bits per heavy atom. The van der Waals surface area contributed by atoms with Crippen LogP contribution in [0.5, 0.6) is 17.2 Å². The standard InChI is InChI=1S/C25H25NO5S/c1-29-18-11-19(30-16-17-5-3-2-4-6-17)13-21(12-18)32(27,28)20-7-8-22-23-9-10-26-15-25(23)31-24(22)14-20/h2-8,11-14,23,25-26H,9-10,15-16H2,1H3. The fraction of sp³-hybridized carbons (Fsp3) is 0.280. The van der Waals surface area contributed by atoms with Crippen LogP contribution in [0.15, 0.2) is 76.5 Å². The topological polar surface area (TPSA) is 73.9 Å². The van der Waals surface area contributed by atoms with Crippen molar-refractivity contribution in [2.24, 2.45) is 0 Å². The van der Waals surface area contributed by atoms with Gasteiger partial charge in [0.05, 0.1) is 16.9 Å². The molecule has 1 fully saturated rings. The maximum Gasteiger partial charge on any atom is 0.207 e. The van der Waals surface area contributed by atoms with Crippen molar-refractivity contribution < 1.29 is 22.6 Å². The molecule has 2 atom stereocenters. The van der Waals surface area contributed by atoms with Crippen LogP contribution in [0.4, 0.5) is 0 Å². The first-order valence-corrected chi connectivity index (χ1v) is 12.1. The molecule has 0 radical (unpaired) electrons. The SMILES string of the molecule is COc1cc(OCc2ccccc2)cc(S(=O)(=O)c2ccc3c(c2)OC2CNCCC32)c1. The van der Waals surface area contributed by atoms with Gasteiger partial charge in [-0.2, -0.15) is 0 Å². The average molecular weight is 452 g/mol. The van der Waals surface area contributed by atoms with Gasteiger partial charge in [0, 0.05) is 24.1 Å². The predicted octanol–water partition coefficient (Wildman–Crippen LogP) is 3.94. The number of sulfone groups is 1. The first kappa shape index (κ1) is 20.8. The molecule has 2 aliphatic heterocycles. The maximum atomic E-state index is 13.5. The van der Waals surface area contributed by atoms with E-state index < -0.39 is 9.84 Å². The Morgan fingerprint density at radius 1 is 1.00 bits per heavy atom. The van der Waals surface area contributed by atoms with Gasteiger partial charge in [-0.3, -0.25) is 0 Å². The lowest BCUT2D eigenvalue weighted by molar-refractivity contribution is 0.176. The maximum absolute atomic E-state index is 13.5. The van der Waals surface area contributed by atoms with Gasteiger partial charge in [0.25, 0.3) is 0 Å². The third-order valence-electron chi connectivity index (χ3n) is 6.05. The predicted molar refractivity (Wildman–Crippen MR) is 120 cm³/mol. The van der Waals surface area contributed by atoms with Crippen molar-refractivity contribution in [3.8, 4) is 17.2 Å². The zero-order valence-electron chi connectivity index (χ0n) is 17.8. The fourth-order valence-corrected chi connectivity index (χ4v) is 5.67. The first-order chi connectivity index (χ1) is 15.5. The van der Waals surface area contributed by atoms with E-state index in [9.17, 15) is 8.42 Å². The summed E-state index contributed by atoms with van der Waals surface area (Å²) < 4.78 is 44.2. The Labute approximate surface area is 188 Å². The summed E-state index contributed by atoms with van der Waals surface area (Å²) in [6.07, 6.45) is 1.05. The highest BCUT2D eigenvalue weighted by Gasteiger charge is 2.37. The normalized spacial score (nSPS) is 19.5. The number of rotatable bonds is 6. The molecule has 0 aliphatic carbocycles. The largest absolute Gasteiger partial charge is 0.497 e. The van der Waals surface area contributed by atoms with Gasteiger partial charge in [-0.1, -0.05) is 36.4 Å². The molecule has 3 aromatic rings. The average Bonchev–Trinajstić information content (AvgIpc) is 3.21. The number of hydrogen-bond donors (Lipinski definition) is 1. The zero-order valence-corrected chi connectivity index (χ0v) is 18.6. The molecule has 3 aromatic carbocycles. The van der Waals surface area contributed by atoms with Crippen LogP contribution in [0.3, 0.4) is 0 Å². The van der Waals surface area contributed by atoms with Crippen LogP contribution in [0.1, 0.15) is 23.5 Å². The third-order valence-corrected chi connectivity index (χ3v) is 7.78. The lowest BCUT2D eigenvalue weighted by Gasteiger charge is -2.24. The van der Waals surface area contributed by atoms with Crippen molar-refractivity contribution in [1.29, 1.82) is 0 Å². The van der Waals surface area contributed by atoms with E-state index in [1.807, 2.05) is 36.4 Å². The van der Waals surface area contributed by atoms with Gasteiger partial charge in [-0.15, -0.1) is 0 Å². The van der Waals surface area contributed by atoms with Crippen LogP contribution in [-0.2, 0) is 16.4 Å². The molecule has 1 N–H and O–H groups in total. The molecule has 5 rings (SSSR count). The molecule has 0 saturated carbocycles. The van der Waals surface area contributed by atoms with E-state index in [2.05, 4.69) is 5.32 Å². The minimum Gasteiger partial charge on any atom is -0.497 e. The van der Waals surface area contributed by atoms with E-state index in [-0.39, 0.29) is 15.9 Å². The van der Waals surface area contributed by atoms with Gasteiger partial charge in [0.2, 0.25) is 9.84 Å². The second-order valence-electron chi connectivity index (χ2n) is 8.08. The minimum absolute atomic E-state index is 0.0616. The van der Waals surface area contributed by atoms with Crippen LogP contribution in [0.25, 0.3) is 0 Å². The Kier molecular flexibility index (Phi) is 5.53. The summed E-state index contributed by atoms with van der Waals surface area (Å²) in [7, 11) is -2.28. The number of ether oxygens (including phenoxy) is 3. The second-order valence-corrected chi connectivity index (χ2v) is 10.0. The van der Waals surface area contributed by atoms with Crippen LogP contribution >= 0.6 is 0 Å². The monoisotopic (exact) mass is 451 g/mol. The van der Waals surface area contributed by atoms with Gasteiger partial charge in [0.1, 0.15) is 30.0 Å². The second kappa shape index (κ2) is 8.48. The number of benzene rings is 3. The number of fused-ring (bicyclic) bond motifs is 3. The van der Waals surface area contributed by atoms with Crippen LogP contribution in [-0.4, -0.2) is 34.7 Å². The Balaban J connectivity index is 1.44. The van der Waals surface area contributed by atoms with Gasteiger partial charge in [-0.25, -0.2) is 8.42 Å². The van der Waals surface area contributed by atoms with Crippen LogP contribution in [0, 0.1) is 0 Å². The smallest absolute Gasteiger partial charge is 0.207 e. The van der Waals surface area contributed by atoms with Crippen molar-refractivity contribution in [2.45, 2.75) is 34.8 Å². The molecule has 2 heterocycles. The highest BCUT2D eigenvalue weighted by atomic mass is 32.2. The van der Waals surface area contributed by atoms with Crippen molar-refractivity contribution >= 4 is 9.84 Å². The number of piperidine rings is 1. The third kappa shape index (κ3) is 3.94. The molecule has 0 amide bonds. The molecule has 7 heteroatoms. The molecule has 32 heavy (non-hydrogen) atoms. The highest BCUT2D eigenvalue weighted by molar-refractivity contribution is 7.91. The van der Waals surface area contributed by atoms with E-state index in [1.165, 1.54) is 13.2 Å². The van der Waals surface area contributed by atoms with Gasteiger partial charge >= 0.3 is 0 Å². The van der Waals surface area contributed by atoms with Gasteiger partial charge < -0.3 is 19.5 Å². The Morgan fingerprint density at radius 2 is 1.81 bits per heavy atom. The minimum atomic E-state index is -3.79. The lowest BCUT2D eigenvalue weighted by atomic mass is 9.90. The Hall–Kier alpha value is -3.03. The van der Waals surface area contributed by atoms with Crippen molar-refractivity contribution in [2.75, 3.05) is 20.2 Å². The van der Waals surface area contributed by atoms with E-state index in [4.69, 9.17) is 14.2 Å². The molecule has 2 aliphatic rings. The number of nitrogens with one attached hydrogen (secondary N) is 1. The summed E-state index contributed by atoms with van der Waals surface area (Å²) in [5, 5.41) is 3.33. The molecule has 166 valence electrons. The number of hydrogen-bond acceptors (Lipinski definition) is 6. The first-order valence-electron chi connectivity index (χ1n) is 10.7. The molecular weight excluding hydrogens is 426 g/mol. The molecule has 1 saturated heterocycles. The molecule has 6 nitrogen and oxygen atoms in total. The summed E-state index contributed by atoms with van der Waals surface area (Å²) in [5.41, 5.74) is 2.08. The Bertz CT molecular complexity index is 1230. The highest BCUT2D eigenvalue weighted by Crippen LogP contribution is 2.43. The molecule has 0 bridgehead atoms. The summed E-state index contributed by atoms with van der Waals surface area (Å²) in [5.74, 6) is 1.83. The van der Waals surface area contributed by atoms with Crippen LogP contribution in [0.2, 0.25) is 0 Å². The summed E-state index contributed by atoms with van der Waals surface area (Å²) >= 11 is 0. The molecule has 2 unspecified atom stereocenters. The molecule has 0 aromatic heterocycles. The molecule has 0 spiro atoms. The zero-order chi connectivity index (χ0) is 22.1. The summed E-state index contributed by atoms with van der Waals surface area (Å²) in [4.78, 5) is 0.321. The quantitative estimate of drug-likeness (QED) is 0.612. The van der Waals surface area contributed by atoms with Gasteiger partial charge in [0.15, 0.2) is 0 Å². The molecular formula is C25H25NO5S. The van der Waals surface area contributed by atoms with E-state index in [0.717, 1.165) is 30.6 Å². The van der Waals surface area contributed by atoms with E-state index in [1.54, 1.807) is 24.3 Å². The lowest BCUT2D eigenvalue weighted by Crippen LogP contribution is -2.39. The van der Waals surface area contributed by atoms with Gasteiger partial charge in [-0.05, 0) is 42.8 Å². The fourth-order valence-electron chi connectivity index (χ4n) is 4.34. The van der Waals surface area contributed by atoms with Crippen molar-refractivity contribution in [3.05, 3.63) is 77.9 Å². The van der Waals surface area contributed by atoms with E-state index in [0.29, 0.717) is 29.8 Å².